The van der Waals surface area contributed by atoms with Gasteiger partial charge in [0.2, 0.25) is 0 Å². The number of amides is 1. The molecule has 2 saturated heterocycles. The molecule has 1 amide bonds. The number of benzene rings is 1. The summed E-state index contributed by atoms with van der Waals surface area (Å²) in [7, 11) is 2.21. The van der Waals surface area contributed by atoms with Crippen molar-refractivity contribution >= 4 is 16.8 Å². The number of fused-ring (bicyclic) bond motifs is 3. The van der Waals surface area contributed by atoms with Crippen molar-refractivity contribution in [2.24, 2.45) is 0 Å². The molecule has 2 bridgehead atoms. The smallest absolute Gasteiger partial charge is 0.272 e. The average Bonchev–Trinajstić information content (AvgIpc) is 2.91. The number of piperidine rings is 2. The highest BCUT2D eigenvalue weighted by atomic mass is 16.3. The van der Waals surface area contributed by atoms with E-state index in [-0.39, 0.29) is 11.9 Å². The standard InChI is InChI=1S/C17H22N4O2/c1-21-11-3-2-4-12(21)8-10(7-11)18-17(23)16-14-9-13(22)5-6-15(14)19-20-16/h5-6,9-12,22H,2-4,7-8H2,1H3,(H,18,23)(H,19,20)/p+1. The van der Waals surface area contributed by atoms with E-state index in [9.17, 15) is 4.79 Å². The largest absolute Gasteiger partial charge is 0.593 e. The minimum absolute atomic E-state index is 0.130. The van der Waals surface area contributed by atoms with Crippen LogP contribution in [-0.2, 0) is 0 Å². The number of nitrogens with zero attached hydrogens (tertiary/aromatic N) is 2. The van der Waals surface area contributed by atoms with Crippen LogP contribution in [0.1, 0.15) is 42.6 Å². The molecule has 1 aromatic heterocycles. The predicted molar refractivity (Wildman–Crippen MR) is 88.8 cm³/mol. The minimum Gasteiger partial charge on any atom is -0.593 e. The summed E-state index contributed by atoms with van der Waals surface area (Å²) < 4.78 is 0. The highest BCUT2D eigenvalue weighted by Gasteiger charge is 2.36. The van der Waals surface area contributed by atoms with Crippen molar-refractivity contribution in [1.29, 1.82) is 0 Å². The molecule has 0 aliphatic carbocycles. The van der Waals surface area contributed by atoms with Crippen LogP contribution in [0.15, 0.2) is 18.2 Å². The molecule has 2 aliphatic heterocycles. The van der Waals surface area contributed by atoms with Gasteiger partial charge in [-0.15, -0.1) is 0 Å². The molecule has 0 radical (unpaired) electrons. The number of hydrogen-bond acceptors (Lipinski definition) is 3. The van der Waals surface area contributed by atoms with E-state index in [1.54, 1.807) is 18.2 Å². The third-order valence-electron chi connectivity index (χ3n) is 5.45. The van der Waals surface area contributed by atoms with Gasteiger partial charge < -0.3 is 15.3 Å². The zero-order valence-corrected chi connectivity index (χ0v) is 13.3. The van der Waals surface area contributed by atoms with Crippen LogP contribution in [0, 0.1) is 0 Å². The number of aromatic amines is 1. The molecule has 6 heteroatoms. The molecule has 2 aromatic rings. The lowest BCUT2D eigenvalue weighted by Gasteiger charge is -2.47. The van der Waals surface area contributed by atoms with Crippen LogP contribution >= 0.6 is 0 Å². The minimum atomic E-state index is -0.130. The van der Waals surface area contributed by atoms with E-state index in [1.807, 2.05) is 0 Å². The highest BCUT2D eigenvalue weighted by molar-refractivity contribution is 6.05. The van der Waals surface area contributed by atoms with Gasteiger partial charge in [0, 0.05) is 35.6 Å². The number of carbonyl (C=O) groups excluding carboxylic acids is 1. The molecule has 0 saturated carbocycles. The van der Waals surface area contributed by atoms with E-state index in [2.05, 4.69) is 27.5 Å². The lowest BCUT2D eigenvalue weighted by molar-refractivity contribution is 0.0462. The van der Waals surface area contributed by atoms with E-state index >= 15 is 0 Å². The van der Waals surface area contributed by atoms with Crippen LogP contribution in [0.3, 0.4) is 0 Å². The average molecular weight is 315 g/mol. The third kappa shape index (κ3) is 2.57. The first-order chi connectivity index (χ1) is 11.1. The van der Waals surface area contributed by atoms with Crippen molar-refractivity contribution in [2.45, 2.75) is 50.2 Å². The Morgan fingerprint density at radius 2 is 2.09 bits per heavy atom. The highest BCUT2D eigenvalue weighted by Crippen LogP contribution is 2.32. The summed E-state index contributed by atoms with van der Waals surface area (Å²) in [6, 6.07) is 6.57. The molecule has 0 spiro atoms. The number of carbonyl (C=O) groups is 1. The van der Waals surface area contributed by atoms with Crippen molar-refractivity contribution < 1.29 is 9.90 Å². The first kappa shape index (κ1) is 14.5. The van der Waals surface area contributed by atoms with Crippen molar-refractivity contribution in [1.82, 2.24) is 20.4 Å². The fraction of sp³-hybridized carbons (Fsp3) is 0.529. The fourth-order valence-corrected chi connectivity index (χ4v) is 4.17. The van der Waals surface area contributed by atoms with Gasteiger partial charge in [0.05, 0.1) is 5.52 Å². The van der Waals surface area contributed by atoms with Gasteiger partial charge in [-0.2, -0.15) is 5.10 Å². The zero-order valence-electron chi connectivity index (χ0n) is 13.3. The molecular weight excluding hydrogens is 292 g/mol. The molecule has 6 nitrogen and oxygen atoms in total. The summed E-state index contributed by atoms with van der Waals surface area (Å²) in [5, 5.41) is 18.7. The van der Waals surface area contributed by atoms with Crippen LogP contribution in [0.4, 0.5) is 0 Å². The molecular formula is C17H23N4O2+. The Balaban J connectivity index is 1.52. The molecule has 4 rings (SSSR count). The van der Waals surface area contributed by atoms with Gasteiger partial charge in [0.1, 0.15) is 0 Å². The normalized spacial score (nSPS) is 28.0. The molecule has 1 aromatic carbocycles. The van der Waals surface area contributed by atoms with E-state index in [4.69, 9.17) is 5.11 Å². The maximum absolute atomic E-state index is 12.6. The molecule has 4 N–H and O–H groups in total. The Labute approximate surface area is 134 Å². The molecule has 2 aliphatic rings. The lowest BCUT2D eigenvalue weighted by atomic mass is 9.82. The Hall–Kier alpha value is -2.08. The Morgan fingerprint density at radius 3 is 2.83 bits per heavy atom. The molecule has 3 heterocycles. The maximum Gasteiger partial charge on any atom is 0.272 e. The molecule has 2 unspecified atom stereocenters. The third-order valence-corrected chi connectivity index (χ3v) is 5.45. The van der Waals surface area contributed by atoms with Crippen molar-refractivity contribution in [2.75, 3.05) is 7.05 Å². The van der Waals surface area contributed by atoms with Gasteiger partial charge in [0.25, 0.3) is 11.7 Å². The van der Waals surface area contributed by atoms with Crippen LogP contribution in [0.5, 0.6) is 5.75 Å². The Morgan fingerprint density at radius 1 is 1.35 bits per heavy atom. The molecule has 2 fully saturated rings. The van der Waals surface area contributed by atoms with E-state index in [0.717, 1.165) is 23.7 Å². The van der Waals surface area contributed by atoms with E-state index < -0.39 is 0 Å². The van der Waals surface area contributed by atoms with Gasteiger partial charge in [0.15, 0.2) is 5.69 Å². The second-order valence-electron chi connectivity index (χ2n) is 6.88. The SMILES string of the molecule is CN1C2CCCC1CC(NC(=O)c1n[nH]c3ccc([OH2+])cc13)C2. The van der Waals surface area contributed by atoms with Gasteiger partial charge in [-0.05, 0) is 38.8 Å². The number of rotatable bonds is 2. The van der Waals surface area contributed by atoms with Gasteiger partial charge in [-0.25, -0.2) is 0 Å². The number of aromatic nitrogens is 2. The second-order valence-corrected chi connectivity index (χ2v) is 6.88. The monoisotopic (exact) mass is 315 g/mol. The van der Waals surface area contributed by atoms with Crippen LogP contribution in [0.2, 0.25) is 0 Å². The summed E-state index contributed by atoms with van der Waals surface area (Å²) >= 11 is 0. The van der Waals surface area contributed by atoms with Crippen molar-refractivity contribution in [3.05, 3.63) is 23.9 Å². The maximum atomic E-state index is 12.6. The van der Waals surface area contributed by atoms with Crippen molar-refractivity contribution in [3.63, 3.8) is 0 Å². The first-order valence-electron chi connectivity index (χ1n) is 8.34. The summed E-state index contributed by atoms with van der Waals surface area (Å²) in [5.74, 6) is 0.260. The summed E-state index contributed by atoms with van der Waals surface area (Å²) in [4.78, 5) is 15.1. The summed E-state index contributed by atoms with van der Waals surface area (Å²) in [5.41, 5.74) is 1.20. The zero-order chi connectivity index (χ0) is 16.0. The van der Waals surface area contributed by atoms with Crippen LogP contribution in [-0.4, -0.2) is 51.3 Å². The topological polar surface area (TPSA) is 83.9 Å². The van der Waals surface area contributed by atoms with Gasteiger partial charge >= 0.3 is 0 Å². The molecule has 2 atom stereocenters. The predicted octanol–water partition coefficient (Wildman–Crippen LogP) is 1.75. The first-order valence-corrected chi connectivity index (χ1v) is 8.34. The second kappa shape index (κ2) is 5.53. The summed E-state index contributed by atoms with van der Waals surface area (Å²) in [6.07, 6.45) is 5.80. The number of H-pyrrole nitrogens is 1. The number of hydrogen-bond donors (Lipinski definition) is 2. The van der Waals surface area contributed by atoms with E-state index in [0.29, 0.717) is 23.5 Å². The lowest BCUT2D eigenvalue weighted by Crippen LogP contribution is -2.55. The van der Waals surface area contributed by atoms with Crippen molar-refractivity contribution in [3.8, 4) is 5.75 Å². The molecule has 122 valence electrons. The fourth-order valence-electron chi connectivity index (χ4n) is 4.17. The van der Waals surface area contributed by atoms with E-state index in [1.165, 1.54) is 19.3 Å². The Kier molecular flexibility index (Phi) is 3.49. The summed E-state index contributed by atoms with van der Waals surface area (Å²) in [6.45, 7) is 0. The van der Waals surface area contributed by atoms with Crippen LogP contribution in [0.25, 0.3) is 10.9 Å². The quantitative estimate of drug-likeness (QED) is 0.828. The number of nitrogens with one attached hydrogen (secondary N) is 2. The van der Waals surface area contributed by atoms with Gasteiger partial charge in [-0.3, -0.25) is 9.89 Å². The van der Waals surface area contributed by atoms with Gasteiger partial charge in [-0.1, -0.05) is 6.42 Å². The Bertz CT molecular complexity index is 727. The molecule has 23 heavy (non-hydrogen) atoms. The van der Waals surface area contributed by atoms with Crippen LogP contribution < -0.4 is 5.32 Å².